The molecule has 0 spiro atoms. The minimum atomic E-state index is -0.0915. The molecule has 0 bridgehead atoms. The standard InChI is InChI=1S/C11H11NO2/c1-2-14-10-5-3-4-9-8(10)6-7-11(13)12-9/h3-7H,2H2,1H3,(H,12,13). The Kier molecular flexibility index (Phi) is 2.23. The van der Waals surface area contributed by atoms with Crippen LogP contribution in [0.3, 0.4) is 0 Å². The molecule has 0 atom stereocenters. The van der Waals surface area contributed by atoms with Crippen LogP contribution in [0, 0.1) is 0 Å². The maximum Gasteiger partial charge on any atom is 0.248 e. The molecule has 2 rings (SSSR count). The molecule has 1 aromatic heterocycles. The maximum atomic E-state index is 11.1. The monoisotopic (exact) mass is 189 g/mol. The second-order valence-corrected chi connectivity index (χ2v) is 2.97. The van der Waals surface area contributed by atoms with E-state index in [2.05, 4.69) is 4.98 Å². The highest BCUT2D eigenvalue weighted by atomic mass is 16.5. The van der Waals surface area contributed by atoms with E-state index >= 15 is 0 Å². The number of aromatic amines is 1. The largest absolute Gasteiger partial charge is 0.493 e. The van der Waals surface area contributed by atoms with E-state index in [1.165, 1.54) is 6.07 Å². The van der Waals surface area contributed by atoms with E-state index in [9.17, 15) is 4.79 Å². The third-order valence-electron chi connectivity index (χ3n) is 2.03. The smallest absolute Gasteiger partial charge is 0.248 e. The van der Waals surface area contributed by atoms with E-state index in [4.69, 9.17) is 4.74 Å². The molecule has 0 saturated carbocycles. The number of ether oxygens (including phenoxy) is 1. The van der Waals surface area contributed by atoms with Crippen LogP contribution in [0.15, 0.2) is 35.1 Å². The topological polar surface area (TPSA) is 42.1 Å². The van der Waals surface area contributed by atoms with Crippen LogP contribution in [-0.2, 0) is 0 Å². The second kappa shape index (κ2) is 3.54. The van der Waals surface area contributed by atoms with Crippen LogP contribution in [0.4, 0.5) is 0 Å². The summed E-state index contributed by atoms with van der Waals surface area (Å²) in [6.45, 7) is 2.56. The van der Waals surface area contributed by atoms with E-state index in [1.807, 2.05) is 25.1 Å². The van der Waals surface area contributed by atoms with Crippen molar-refractivity contribution in [2.24, 2.45) is 0 Å². The van der Waals surface area contributed by atoms with Gasteiger partial charge in [-0.1, -0.05) is 6.07 Å². The molecular formula is C11H11NO2. The molecule has 0 radical (unpaired) electrons. The Morgan fingerprint density at radius 1 is 1.29 bits per heavy atom. The lowest BCUT2D eigenvalue weighted by molar-refractivity contribution is 0.344. The van der Waals surface area contributed by atoms with Gasteiger partial charge >= 0.3 is 0 Å². The van der Waals surface area contributed by atoms with Crippen molar-refractivity contribution >= 4 is 10.9 Å². The first kappa shape index (κ1) is 8.81. The lowest BCUT2D eigenvalue weighted by Crippen LogP contribution is -2.03. The number of H-pyrrole nitrogens is 1. The van der Waals surface area contributed by atoms with Gasteiger partial charge in [-0.25, -0.2) is 0 Å². The fourth-order valence-corrected chi connectivity index (χ4v) is 1.44. The zero-order valence-electron chi connectivity index (χ0n) is 7.91. The third kappa shape index (κ3) is 1.48. The molecule has 0 aliphatic rings. The van der Waals surface area contributed by atoms with Gasteiger partial charge in [0.15, 0.2) is 0 Å². The minimum absolute atomic E-state index is 0.0915. The second-order valence-electron chi connectivity index (χ2n) is 2.97. The van der Waals surface area contributed by atoms with E-state index in [1.54, 1.807) is 6.07 Å². The predicted molar refractivity (Wildman–Crippen MR) is 55.7 cm³/mol. The molecule has 1 aromatic carbocycles. The Morgan fingerprint density at radius 2 is 2.14 bits per heavy atom. The normalized spacial score (nSPS) is 10.4. The Labute approximate surface area is 81.3 Å². The summed E-state index contributed by atoms with van der Waals surface area (Å²) >= 11 is 0. The summed E-state index contributed by atoms with van der Waals surface area (Å²) in [6, 6.07) is 8.90. The first-order valence-corrected chi connectivity index (χ1v) is 4.56. The molecule has 0 unspecified atom stereocenters. The number of rotatable bonds is 2. The van der Waals surface area contributed by atoms with E-state index in [-0.39, 0.29) is 5.56 Å². The van der Waals surface area contributed by atoms with Gasteiger partial charge in [0.05, 0.1) is 12.1 Å². The van der Waals surface area contributed by atoms with Crippen LogP contribution < -0.4 is 10.3 Å². The lowest BCUT2D eigenvalue weighted by atomic mass is 10.2. The van der Waals surface area contributed by atoms with Crippen LogP contribution in [0.2, 0.25) is 0 Å². The van der Waals surface area contributed by atoms with E-state index in [0.29, 0.717) is 6.61 Å². The van der Waals surface area contributed by atoms with Gasteiger partial charge < -0.3 is 9.72 Å². The summed E-state index contributed by atoms with van der Waals surface area (Å²) in [5, 5.41) is 0.939. The van der Waals surface area contributed by atoms with E-state index in [0.717, 1.165) is 16.7 Å². The number of pyridine rings is 1. The van der Waals surface area contributed by atoms with E-state index < -0.39 is 0 Å². The van der Waals surface area contributed by atoms with Crippen LogP contribution >= 0.6 is 0 Å². The van der Waals surface area contributed by atoms with Gasteiger partial charge in [-0.15, -0.1) is 0 Å². The first-order valence-electron chi connectivity index (χ1n) is 4.56. The Morgan fingerprint density at radius 3 is 2.93 bits per heavy atom. The number of aromatic nitrogens is 1. The summed E-state index contributed by atoms with van der Waals surface area (Å²) in [6.07, 6.45) is 0. The van der Waals surface area contributed by atoms with Crippen molar-refractivity contribution in [2.45, 2.75) is 6.92 Å². The fourth-order valence-electron chi connectivity index (χ4n) is 1.44. The predicted octanol–water partition coefficient (Wildman–Crippen LogP) is 1.93. The summed E-state index contributed by atoms with van der Waals surface area (Å²) in [7, 11) is 0. The van der Waals surface area contributed by atoms with Crippen molar-refractivity contribution in [3.05, 3.63) is 40.7 Å². The van der Waals surface area contributed by atoms with Gasteiger partial charge in [0.25, 0.3) is 0 Å². The summed E-state index contributed by atoms with van der Waals surface area (Å²) in [5.74, 6) is 0.807. The number of nitrogens with one attached hydrogen (secondary N) is 1. The Hall–Kier alpha value is -1.77. The van der Waals surface area contributed by atoms with Crippen LogP contribution in [-0.4, -0.2) is 11.6 Å². The average molecular weight is 189 g/mol. The van der Waals surface area contributed by atoms with Gasteiger partial charge in [0.2, 0.25) is 5.56 Å². The molecule has 72 valence electrons. The Balaban J connectivity index is 2.68. The molecule has 3 nitrogen and oxygen atoms in total. The van der Waals surface area contributed by atoms with Crippen molar-refractivity contribution in [2.75, 3.05) is 6.61 Å². The summed E-state index contributed by atoms with van der Waals surface area (Å²) < 4.78 is 5.44. The number of benzene rings is 1. The SMILES string of the molecule is CCOc1cccc2[nH]c(=O)ccc12. The highest BCUT2D eigenvalue weighted by molar-refractivity contribution is 5.84. The minimum Gasteiger partial charge on any atom is -0.493 e. The van der Waals surface area contributed by atoms with Gasteiger partial charge in [-0.3, -0.25) is 4.79 Å². The molecule has 0 saturated heterocycles. The van der Waals surface area contributed by atoms with Crippen LogP contribution in [0.1, 0.15) is 6.92 Å². The van der Waals surface area contributed by atoms with Crippen LogP contribution in [0.25, 0.3) is 10.9 Å². The van der Waals surface area contributed by atoms with Crippen LogP contribution in [0.5, 0.6) is 5.75 Å². The zero-order valence-corrected chi connectivity index (χ0v) is 7.91. The molecule has 1 N–H and O–H groups in total. The zero-order chi connectivity index (χ0) is 9.97. The van der Waals surface area contributed by atoms with Crippen molar-refractivity contribution in [1.29, 1.82) is 0 Å². The quantitative estimate of drug-likeness (QED) is 0.784. The Bertz CT molecular complexity index is 502. The molecule has 0 amide bonds. The molecule has 2 aromatic rings. The maximum absolute atomic E-state index is 11.1. The van der Waals surface area contributed by atoms with Gasteiger partial charge in [0, 0.05) is 11.5 Å². The number of hydrogen-bond acceptors (Lipinski definition) is 2. The molecule has 1 heterocycles. The third-order valence-corrected chi connectivity index (χ3v) is 2.03. The van der Waals surface area contributed by atoms with Crippen molar-refractivity contribution in [1.82, 2.24) is 4.98 Å². The fraction of sp³-hybridized carbons (Fsp3) is 0.182. The first-order chi connectivity index (χ1) is 6.81. The molecule has 0 fully saturated rings. The highest BCUT2D eigenvalue weighted by Crippen LogP contribution is 2.22. The average Bonchev–Trinajstić information content (AvgIpc) is 2.18. The summed E-state index contributed by atoms with van der Waals surface area (Å²) in [4.78, 5) is 13.8. The molecule has 3 heteroatoms. The summed E-state index contributed by atoms with van der Waals surface area (Å²) in [5.41, 5.74) is 0.717. The molecule has 0 aliphatic carbocycles. The number of hydrogen-bond donors (Lipinski definition) is 1. The molecular weight excluding hydrogens is 178 g/mol. The highest BCUT2D eigenvalue weighted by Gasteiger charge is 2.00. The van der Waals surface area contributed by atoms with Gasteiger partial charge in [-0.05, 0) is 25.1 Å². The van der Waals surface area contributed by atoms with Crippen molar-refractivity contribution < 1.29 is 4.74 Å². The molecule has 14 heavy (non-hydrogen) atoms. The van der Waals surface area contributed by atoms with Crippen molar-refractivity contribution in [3.63, 3.8) is 0 Å². The van der Waals surface area contributed by atoms with Crippen molar-refractivity contribution in [3.8, 4) is 5.75 Å². The van der Waals surface area contributed by atoms with Gasteiger partial charge in [0.1, 0.15) is 5.75 Å². The lowest BCUT2D eigenvalue weighted by Gasteiger charge is -2.05. The number of fused-ring (bicyclic) bond motifs is 1. The van der Waals surface area contributed by atoms with Gasteiger partial charge in [-0.2, -0.15) is 0 Å². The molecule has 0 aliphatic heterocycles.